The normalized spacial score (nSPS) is 15.5. The van der Waals surface area contributed by atoms with Crippen LogP contribution in [0.1, 0.15) is 35.0 Å². The second-order valence-corrected chi connectivity index (χ2v) is 7.29. The summed E-state index contributed by atoms with van der Waals surface area (Å²) in [4.78, 5) is 39.9. The molecule has 0 bridgehead atoms. The number of carbonyl (C=O) groups excluding carboxylic acids is 2. The maximum Gasteiger partial charge on any atom is 0.306 e. The van der Waals surface area contributed by atoms with Gasteiger partial charge in [0, 0.05) is 31.3 Å². The number of imidazole rings is 1. The summed E-state index contributed by atoms with van der Waals surface area (Å²) in [6.45, 7) is 0. The van der Waals surface area contributed by atoms with E-state index in [4.69, 9.17) is 9.47 Å². The third-order valence-corrected chi connectivity index (χ3v) is 5.18. The lowest BCUT2D eigenvalue weighted by Gasteiger charge is -2.15. The van der Waals surface area contributed by atoms with Crippen LogP contribution in [0.3, 0.4) is 0 Å². The van der Waals surface area contributed by atoms with Crippen molar-refractivity contribution in [3.63, 3.8) is 0 Å². The number of benzene rings is 1. The van der Waals surface area contributed by atoms with E-state index in [0.717, 1.165) is 11.1 Å². The van der Waals surface area contributed by atoms with Gasteiger partial charge < -0.3 is 19.8 Å². The van der Waals surface area contributed by atoms with Crippen molar-refractivity contribution in [1.82, 2.24) is 25.3 Å². The zero-order valence-electron chi connectivity index (χ0n) is 17.2. The Morgan fingerprint density at radius 2 is 2.12 bits per heavy atom. The van der Waals surface area contributed by atoms with E-state index < -0.39 is 6.10 Å². The Balaban J connectivity index is 1.54. The molecule has 1 atom stereocenters. The van der Waals surface area contributed by atoms with Crippen molar-refractivity contribution in [3.05, 3.63) is 66.1 Å². The summed E-state index contributed by atoms with van der Waals surface area (Å²) in [5.41, 5.74) is 3.20. The SMILES string of the molecule is CNC(=O)c1ccc(Oc2cc3nc(-c4ccccn4)[nH]c3cc2C2CCC(=O)O2)cn1. The van der Waals surface area contributed by atoms with Crippen LogP contribution >= 0.6 is 0 Å². The number of esters is 1. The number of fused-ring (bicyclic) bond motifs is 1. The summed E-state index contributed by atoms with van der Waals surface area (Å²) < 4.78 is 11.6. The monoisotopic (exact) mass is 429 g/mol. The number of hydrogen-bond donors (Lipinski definition) is 2. The van der Waals surface area contributed by atoms with E-state index in [9.17, 15) is 9.59 Å². The first kappa shape index (κ1) is 19.7. The van der Waals surface area contributed by atoms with E-state index >= 15 is 0 Å². The molecule has 1 aliphatic rings. The molecule has 1 aromatic carbocycles. The zero-order valence-corrected chi connectivity index (χ0v) is 17.2. The fourth-order valence-corrected chi connectivity index (χ4v) is 3.59. The lowest BCUT2D eigenvalue weighted by atomic mass is 10.0. The van der Waals surface area contributed by atoms with Crippen LogP contribution in [0, 0.1) is 0 Å². The lowest BCUT2D eigenvalue weighted by Crippen LogP contribution is -2.18. The molecule has 4 heterocycles. The number of rotatable bonds is 5. The zero-order chi connectivity index (χ0) is 22.1. The summed E-state index contributed by atoms with van der Waals surface area (Å²) in [5, 5.41) is 2.53. The van der Waals surface area contributed by atoms with Crippen molar-refractivity contribution in [3.8, 4) is 23.0 Å². The molecule has 9 heteroatoms. The molecule has 32 heavy (non-hydrogen) atoms. The molecule has 1 unspecified atom stereocenters. The fourth-order valence-electron chi connectivity index (χ4n) is 3.59. The maximum absolute atomic E-state index is 11.7. The van der Waals surface area contributed by atoms with Crippen molar-refractivity contribution < 1.29 is 19.1 Å². The van der Waals surface area contributed by atoms with Crippen molar-refractivity contribution in [1.29, 1.82) is 0 Å². The summed E-state index contributed by atoms with van der Waals surface area (Å²) in [5.74, 6) is 1.06. The molecule has 1 fully saturated rings. The standard InChI is InChI=1S/C23H19N5O4/c1-24-23(30)16-6-5-13(12-26-16)31-20-11-18-17(10-14(20)19-7-8-21(29)32-19)27-22(28-18)15-4-2-3-9-25-15/h2-6,9-12,19H,7-8H2,1H3,(H,24,30)(H,27,28). The highest BCUT2D eigenvalue weighted by atomic mass is 16.6. The second kappa shape index (κ2) is 8.10. The van der Waals surface area contributed by atoms with Crippen LogP contribution in [0.15, 0.2) is 54.9 Å². The Labute approximate surface area is 182 Å². The number of nitrogens with one attached hydrogen (secondary N) is 2. The van der Waals surface area contributed by atoms with Crippen LogP contribution in [-0.2, 0) is 9.53 Å². The molecule has 9 nitrogen and oxygen atoms in total. The van der Waals surface area contributed by atoms with E-state index in [-0.39, 0.29) is 17.6 Å². The van der Waals surface area contributed by atoms with E-state index in [1.807, 2.05) is 24.3 Å². The van der Waals surface area contributed by atoms with Gasteiger partial charge in [-0.3, -0.25) is 14.6 Å². The first-order chi connectivity index (χ1) is 15.6. The molecule has 1 amide bonds. The van der Waals surface area contributed by atoms with Crippen LogP contribution in [-0.4, -0.2) is 38.9 Å². The van der Waals surface area contributed by atoms with Crippen LogP contribution in [0.2, 0.25) is 0 Å². The molecule has 0 aliphatic carbocycles. The number of aromatic amines is 1. The number of cyclic esters (lactones) is 1. The Morgan fingerprint density at radius 3 is 2.81 bits per heavy atom. The lowest BCUT2D eigenvalue weighted by molar-refractivity contribution is -0.141. The number of aromatic nitrogens is 4. The smallest absolute Gasteiger partial charge is 0.306 e. The number of carbonyl (C=O) groups is 2. The average Bonchev–Trinajstić information content (AvgIpc) is 3.45. The minimum Gasteiger partial charge on any atom is -0.457 e. The van der Waals surface area contributed by atoms with Gasteiger partial charge in [-0.2, -0.15) is 0 Å². The summed E-state index contributed by atoms with van der Waals surface area (Å²) >= 11 is 0. The first-order valence-corrected chi connectivity index (χ1v) is 10.1. The molecule has 0 spiro atoms. The van der Waals surface area contributed by atoms with Crippen molar-refractivity contribution in [2.45, 2.75) is 18.9 Å². The quantitative estimate of drug-likeness (QED) is 0.466. The number of ether oxygens (including phenoxy) is 2. The predicted octanol–water partition coefficient (Wildman–Crippen LogP) is 3.55. The third-order valence-electron chi connectivity index (χ3n) is 5.18. The summed E-state index contributed by atoms with van der Waals surface area (Å²) in [7, 11) is 1.54. The Bertz CT molecular complexity index is 1300. The van der Waals surface area contributed by atoms with E-state index in [1.165, 1.54) is 6.20 Å². The summed E-state index contributed by atoms with van der Waals surface area (Å²) in [6, 6.07) is 12.5. The Morgan fingerprint density at radius 1 is 1.22 bits per heavy atom. The van der Waals surface area contributed by atoms with Crippen molar-refractivity contribution >= 4 is 22.9 Å². The number of hydrogen-bond acceptors (Lipinski definition) is 7. The molecule has 5 rings (SSSR count). The van der Waals surface area contributed by atoms with Gasteiger partial charge in [0.2, 0.25) is 0 Å². The van der Waals surface area contributed by atoms with Gasteiger partial charge in [0.05, 0.1) is 17.2 Å². The van der Waals surface area contributed by atoms with E-state index in [1.54, 1.807) is 31.4 Å². The number of pyridine rings is 2. The number of amides is 1. The van der Waals surface area contributed by atoms with Crippen molar-refractivity contribution in [2.75, 3.05) is 7.05 Å². The van der Waals surface area contributed by atoms with Crippen molar-refractivity contribution in [2.24, 2.45) is 0 Å². The van der Waals surface area contributed by atoms with Crippen LogP contribution < -0.4 is 10.1 Å². The topological polar surface area (TPSA) is 119 Å². The molecule has 1 saturated heterocycles. The molecular formula is C23H19N5O4. The Kier molecular flexibility index (Phi) is 4.98. The minimum atomic E-state index is -0.415. The van der Waals surface area contributed by atoms with Gasteiger partial charge >= 0.3 is 5.97 Å². The molecule has 0 saturated carbocycles. The van der Waals surface area contributed by atoms with E-state index in [2.05, 4.69) is 25.3 Å². The van der Waals surface area contributed by atoms with Crippen LogP contribution in [0.5, 0.6) is 11.5 Å². The van der Waals surface area contributed by atoms with Gasteiger partial charge in [-0.05, 0) is 36.8 Å². The van der Waals surface area contributed by atoms with Gasteiger partial charge in [-0.25, -0.2) is 9.97 Å². The second-order valence-electron chi connectivity index (χ2n) is 7.29. The average molecular weight is 429 g/mol. The molecular weight excluding hydrogens is 410 g/mol. The van der Waals surface area contributed by atoms with Gasteiger partial charge in [-0.1, -0.05) is 6.07 Å². The third kappa shape index (κ3) is 3.76. The molecule has 3 aromatic heterocycles. The van der Waals surface area contributed by atoms with Crippen LogP contribution in [0.25, 0.3) is 22.6 Å². The van der Waals surface area contributed by atoms with Gasteiger partial charge in [0.25, 0.3) is 5.91 Å². The fraction of sp³-hybridized carbons (Fsp3) is 0.174. The first-order valence-electron chi connectivity index (χ1n) is 10.1. The molecule has 0 radical (unpaired) electrons. The maximum atomic E-state index is 11.7. The summed E-state index contributed by atoms with van der Waals surface area (Å²) in [6.07, 6.45) is 3.68. The highest BCUT2D eigenvalue weighted by molar-refractivity contribution is 5.92. The van der Waals surface area contributed by atoms with E-state index in [0.29, 0.717) is 41.4 Å². The molecule has 160 valence electrons. The van der Waals surface area contributed by atoms with Gasteiger partial charge in [-0.15, -0.1) is 0 Å². The predicted molar refractivity (Wildman–Crippen MR) is 115 cm³/mol. The number of nitrogens with zero attached hydrogens (tertiary/aromatic N) is 3. The van der Waals surface area contributed by atoms with Gasteiger partial charge in [0.1, 0.15) is 29.0 Å². The highest BCUT2D eigenvalue weighted by Crippen LogP contribution is 2.39. The minimum absolute atomic E-state index is 0.239. The molecule has 4 aromatic rings. The van der Waals surface area contributed by atoms with Crippen LogP contribution in [0.4, 0.5) is 0 Å². The van der Waals surface area contributed by atoms with Gasteiger partial charge in [0.15, 0.2) is 5.82 Å². The molecule has 2 N–H and O–H groups in total. The highest BCUT2D eigenvalue weighted by Gasteiger charge is 2.29. The Hall–Kier alpha value is -4.27. The number of H-pyrrole nitrogens is 1. The largest absolute Gasteiger partial charge is 0.457 e. The molecule has 1 aliphatic heterocycles.